The normalized spacial score (nSPS) is 11.2. The smallest absolute Gasteiger partial charge is 0.337 e. The highest BCUT2D eigenvalue weighted by molar-refractivity contribution is 7.86. The Morgan fingerprint density at radius 3 is 2.37 bits per heavy atom. The molecule has 2 aromatic rings. The molecular formula is C19H22O7S. The Morgan fingerprint density at radius 1 is 0.963 bits per heavy atom. The standard InChI is InChI=1S/C19H22O7S/c1-15-6-8-18(9-7-15)27(21,22)26-13-11-24-10-12-25-17-5-3-4-16(14-17)19(20)23-2/h3-9,14H,10-13H2,1-2H3. The van der Waals surface area contributed by atoms with Gasteiger partial charge in [0.25, 0.3) is 10.1 Å². The number of rotatable bonds is 10. The minimum atomic E-state index is -3.78. The molecule has 8 heteroatoms. The van der Waals surface area contributed by atoms with Crippen molar-refractivity contribution in [2.24, 2.45) is 0 Å². The van der Waals surface area contributed by atoms with Crippen molar-refractivity contribution in [2.75, 3.05) is 33.5 Å². The quantitative estimate of drug-likeness (QED) is 0.348. The van der Waals surface area contributed by atoms with Gasteiger partial charge in [-0.15, -0.1) is 0 Å². The lowest BCUT2D eigenvalue weighted by atomic mass is 10.2. The third-order valence-electron chi connectivity index (χ3n) is 3.53. The van der Waals surface area contributed by atoms with Crippen molar-refractivity contribution >= 4 is 16.1 Å². The summed E-state index contributed by atoms with van der Waals surface area (Å²) in [6.07, 6.45) is 0. The molecule has 27 heavy (non-hydrogen) atoms. The summed E-state index contributed by atoms with van der Waals surface area (Å²) in [7, 11) is -2.47. The molecule has 0 N–H and O–H groups in total. The van der Waals surface area contributed by atoms with Crippen LogP contribution in [-0.4, -0.2) is 47.9 Å². The van der Waals surface area contributed by atoms with Crippen LogP contribution in [0.25, 0.3) is 0 Å². The molecule has 0 spiro atoms. The molecule has 2 aromatic carbocycles. The number of carbonyl (C=O) groups excluding carboxylic acids is 1. The van der Waals surface area contributed by atoms with Crippen LogP contribution in [0.1, 0.15) is 15.9 Å². The average molecular weight is 394 g/mol. The lowest BCUT2D eigenvalue weighted by Gasteiger charge is -2.09. The van der Waals surface area contributed by atoms with Gasteiger partial charge in [-0.25, -0.2) is 4.79 Å². The first-order chi connectivity index (χ1) is 12.9. The second-order valence-corrected chi connectivity index (χ2v) is 7.18. The van der Waals surface area contributed by atoms with Crippen LogP contribution in [0.15, 0.2) is 53.4 Å². The van der Waals surface area contributed by atoms with Crippen LogP contribution in [0.2, 0.25) is 0 Å². The number of esters is 1. The third-order valence-corrected chi connectivity index (χ3v) is 4.85. The molecule has 0 saturated carbocycles. The molecule has 0 bridgehead atoms. The molecule has 146 valence electrons. The fourth-order valence-electron chi connectivity index (χ4n) is 2.13. The zero-order valence-corrected chi connectivity index (χ0v) is 16.0. The predicted octanol–water partition coefficient (Wildman–Crippen LogP) is 2.58. The minimum Gasteiger partial charge on any atom is -0.491 e. The van der Waals surface area contributed by atoms with Crippen molar-refractivity contribution in [1.82, 2.24) is 0 Å². The first-order valence-electron chi connectivity index (χ1n) is 8.27. The fraction of sp³-hybridized carbons (Fsp3) is 0.316. The maximum absolute atomic E-state index is 12.0. The van der Waals surface area contributed by atoms with Gasteiger partial charge in [0.2, 0.25) is 0 Å². The van der Waals surface area contributed by atoms with Gasteiger partial charge in [-0.05, 0) is 37.3 Å². The van der Waals surface area contributed by atoms with Crippen LogP contribution in [0, 0.1) is 6.92 Å². The lowest BCUT2D eigenvalue weighted by Crippen LogP contribution is -2.14. The second-order valence-electron chi connectivity index (χ2n) is 5.57. The van der Waals surface area contributed by atoms with Gasteiger partial charge in [-0.2, -0.15) is 8.42 Å². The number of hydrogen-bond donors (Lipinski definition) is 0. The fourth-order valence-corrected chi connectivity index (χ4v) is 3.02. The van der Waals surface area contributed by atoms with E-state index < -0.39 is 16.1 Å². The topological polar surface area (TPSA) is 88.1 Å². The van der Waals surface area contributed by atoms with Crippen LogP contribution in [-0.2, 0) is 23.8 Å². The Bertz CT molecular complexity index is 845. The molecule has 0 aliphatic heterocycles. The van der Waals surface area contributed by atoms with Crippen molar-refractivity contribution in [2.45, 2.75) is 11.8 Å². The number of methoxy groups -OCH3 is 1. The van der Waals surface area contributed by atoms with Gasteiger partial charge in [-0.3, -0.25) is 4.18 Å². The van der Waals surface area contributed by atoms with Crippen molar-refractivity contribution < 1.29 is 31.6 Å². The highest BCUT2D eigenvalue weighted by atomic mass is 32.2. The van der Waals surface area contributed by atoms with E-state index in [4.69, 9.17) is 13.7 Å². The van der Waals surface area contributed by atoms with Crippen molar-refractivity contribution in [3.05, 3.63) is 59.7 Å². The molecule has 0 fully saturated rings. The number of aryl methyl sites for hydroxylation is 1. The van der Waals surface area contributed by atoms with Crippen molar-refractivity contribution in [3.63, 3.8) is 0 Å². The van der Waals surface area contributed by atoms with Gasteiger partial charge in [0.15, 0.2) is 0 Å². The van der Waals surface area contributed by atoms with Crippen molar-refractivity contribution in [1.29, 1.82) is 0 Å². The van der Waals surface area contributed by atoms with E-state index in [2.05, 4.69) is 4.74 Å². The van der Waals surface area contributed by atoms with Gasteiger partial charge in [0.1, 0.15) is 12.4 Å². The van der Waals surface area contributed by atoms with Gasteiger partial charge in [0, 0.05) is 0 Å². The third kappa shape index (κ3) is 6.67. The summed E-state index contributed by atoms with van der Waals surface area (Å²) in [5, 5.41) is 0. The summed E-state index contributed by atoms with van der Waals surface area (Å²) in [5.74, 6) is 0.0725. The van der Waals surface area contributed by atoms with E-state index in [1.165, 1.54) is 19.2 Å². The van der Waals surface area contributed by atoms with E-state index in [1.807, 2.05) is 6.92 Å². The Kier molecular flexibility index (Phi) is 7.78. The maximum atomic E-state index is 12.0. The summed E-state index contributed by atoms with van der Waals surface area (Å²) >= 11 is 0. The molecule has 0 amide bonds. The van der Waals surface area contributed by atoms with Gasteiger partial charge in [-0.1, -0.05) is 23.8 Å². The van der Waals surface area contributed by atoms with Crippen LogP contribution in [0.3, 0.4) is 0 Å². The summed E-state index contributed by atoms with van der Waals surface area (Å²) < 4.78 is 44.3. The first kappa shape index (κ1) is 20.9. The number of carbonyl (C=O) groups is 1. The van der Waals surface area contributed by atoms with Crippen LogP contribution >= 0.6 is 0 Å². The maximum Gasteiger partial charge on any atom is 0.337 e. The molecule has 0 atom stereocenters. The molecule has 0 saturated heterocycles. The molecule has 0 aromatic heterocycles. The Hall–Kier alpha value is -2.42. The van der Waals surface area contributed by atoms with Gasteiger partial charge in [0.05, 0.1) is 37.4 Å². The Balaban J connectivity index is 1.66. The summed E-state index contributed by atoms with van der Waals surface area (Å²) in [6, 6.07) is 13.0. The van der Waals surface area contributed by atoms with Gasteiger partial charge < -0.3 is 14.2 Å². The zero-order chi connectivity index (χ0) is 19.7. The van der Waals surface area contributed by atoms with Crippen molar-refractivity contribution in [3.8, 4) is 5.75 Å². The van der Waals surface area contributed by atoms with Gasteiger partial charge >= 0.3 is 5.97 Å². The summed E-state index contributed by atoms with van der Waals surface area (Å²) in [5.41, 5.74) is 1.36. The zero-order valence-electron chi connectivity index (χ0n) is 15.2. The number of ether oxygens (including phenoxy) is 3. The predicted molar refractivity (Wildman–Crippen MR) is 98.4 cm³/mol. The molecule has 7 nitrogen and oxygen atoms in total. The lowest BCUT2D eigenvalue weighted by molar-refractivity contribution is 0.0599. The molecule has 0 unspecified atom stereocenters. The summed E-state index contributed by atoms with van der Waals surface area (Å²) in [4.78, 5) is 11.6. The molecule has 2 rings (SSSR count). The first-order valence-corrected chi connectivity index (χ1v) is 9.68. The molecule has 0 aliphatic rings. The monoisotopic (exact) mass is 394 g/mol. The van der Waals surface area contributed by atoms with E-state index in [0.717, 1.165) is 5.56 Å². The largest absolute Gasteiger partial charge is 0.491 e. The average Bonchev–Trinajstić information content (AvgIpc) is 2.67. The summed E-state index contributed by atoms with van der Waals surface area (Å²) in [6.45, 7) is 2.38. The Labute approximate surface area is 158 Å². The SMILES string of the molecule is COC(=O)c1cccc(OCCOCCOS(=O)(=O)c2ccc(C)cc2)c1. The van der Waals surface area contributed by atoms with Crippen LogP contribution in [0.4, 0.5) is 0 Å². The highest BCUT2D eigenvalue weighted by Crippen LogP contribution is 2.14. The van der Waals surface area contributed by atoms with Crippen LogP contribution in [0.5, 0.6) is 5.75 Å². The Morgan fingerprint density at radius 2 is 1.67 bits per heavy atom. The second kappa shape index (κ2) is 10.1. The minimum absolute atomic E-state index is 0.0893. The molecule has 0 heterocycles. The van der Waals surface area contributed by atoms with E-state index in [0.29, 0.717) is 11.3 Å². The van der Waals surface area contributed by atoms with E-state index in [-0.39, 0.29) is 31.3 Å². The molecule has 0 aliphatic carbocycles. The molecule has 0 radical (unpaired) electrons. The molecular weight excluding hydrogens is 372 g/mol. The van der Waals surface area contributed by atoms with E-state index in [9.17, 15) is 13.2 Å². The number of hydrogen-bond acceptors (Lipinski definition) is 7. The highest BCUT2D eigenvalue weighted by Gasteiger charge is 2.14. The van der Waals surface area contributed by atoms with E-state index >= 15 is 0 Å². The van der Waals surface area contributed by atoms with Crippen LogP contribution < -0.4 is 4.74 Å². The number of benzene rings is 2. The van der Waals surface area contributed by atoms with E-state index in [1.54, 1.807) is 36.4 Å².